The molecule has 0 radical (unpaired) electrons. The quantitative estimate of drug-likeness (QED) is 0.0356. The van der Waals surface area contributed by atoms with Gasteiger partial charge in [0, 0.05) is 75.0 Å². The largest absolute Gasteiger partial charge is 0.319 e. The number of piperidine rings is 2. The van der Waals surface area contributed by atoms with Crippen LogP contribution in [0.3, 0.4) is 0 Å². The number of rotatable bonds is 18. The van der Waals surface area contributed by atoms with Gasteiger partial charge in [-0.15, -0.1) is 0 Å². The first kappa shape index (κ1) is 80.1. The molecule has 17 aromatic rings. The van der Waals surface area contributed by atoms with Crippen molar-refractivity contribution in [3.63, 3.8) is 0 Å². The summed E-state index contributed by atoms with van der Waals surface area (Å²) in [7, 11) is 0. The summed E-state index contributed by atoms with van der Waals surface area (Å²) in [4.78, 5) is 22.4. The SMILES string of the molecule is Fc1ccc(/C=C/c2[nH]nc3c(F)cc(-c4n[nH]c(C5CCNCC5)n4)cc23)cc1.Fc1ccc(/C=C/c2[nH]nc3c(F)cc(-c4n[nH]c(CC5CCNCC5)n4)cc23)cc1.Fc1ccc(/C=C/c2[nH]nc3c(F)cc(-c4n[nH]c(Cc5cccnc5)n4)cc23)cc1.NC1(c2nc(-c3cc(F)c4n[nH]c(/C=C/c5ccc(F)cc5)c4c3)n[nH]2)CCCC1. The van der Waals surface area contributed by atoms with Crippen molar-refractivity contribution in [2.24, 2.45) is 11.7 Å². The lowest BCUT2D eigenvalue weighted by Crippen LogP contribution is -2.34. The lowest BCUT2D eigenvalue weighted by Gasteiger charge is -2.21. The normalized spacial score (nSPS) is 14.6. The Balaban J connectivity index is 0.000000116. The van der Waals surface area contributed by atoms with Crippen molar-refractivity contribution in [2.45, 2.75) is 75.7 Å². The Labute approximate surface area is 690 Å². The first-order valence-corrected chi connectivity index (χ1v) is 39.7. The minimum absolute atomic E-state index is 0.230. The zero-order valence-corrected chi connectivity index (χ0v) is 65.3. The van der Waals surface area contributed by atoms with Gasteiger partial charge in [0.2, 0.25) is 0 Å². The molecule has 20 rings (SSSR count). The van der Waals surface area contributed by atoms with Crippen LogP contribution in [-0.2, 0) is 18.4 Å². The molecule has 0 atom stereocenters. The van der Waals surface area contributed by atoms with E-state index in [1.54, 1.807) is 110 Å². The van der Waals surface area contributed by atoms with Crippen molar-refractivity contribution in [1.29, 1.82) is 0 Å². The van der Waals surface area contributed by atoms with Crippen molar-refractivity contribution >= 4 is 92.2 Å². The molecule has 614 valence electrons. The number of nitrogens with two attached hydrogens (primary N) is 1. The topological polar surface area (TPSA) is 344 Å². The fourth-order valence-corrected chi connectivity index (χ4v) is 15.0. The number of aromatic amines is 8. The fourth-order valence-electron chi connectivity index (χ4n) is 15.0. The first-order valence-electron chi connectivity index (χ1n) is 39.7. The number of aromatic nitrogens is 21. The van der Waals surface area contributed by atoms with E-state index in [1.165, 1.54) is 72.8 Å². The summed E-state index contributed by atoms with van der Waals surface area (Å²) in [5.74, 6) is 2.64. The minimum atomic E-state index is -0.493. The van der Waals surface area contributed by atoms with Crippen LogP contribution < -0.4 is 16.4 Å². The predicted molar refractivity (Wildman–Crippen MR) is 453 cm³/mol. The zero-order chi connectivity index (χ0) is 83.6. The molecule has 0 unspecified atom stereocenters. The van der Waals surface area contributed by atoms with Gasteiger partial charge in [0.25, 0.3) is 0 Å². The van der Waals surface area contributed by atoms with Crippen LogP contribution in [0.15, 0.2) is 170 Å². The number of halogens is 8. The zero-order valence-electron chi connectivity index (χ0n) is 65.3. The molecule has 0 amide bonds. The molecule has 11 heterocycles. The molecule has 24 nitrogen and oxygen atoms in total. The third kappa shape index (κ3) is 18.7. The van der Waals surface area contributed by atoms with Gasteiger partial charge in [-0.2, -0.15) is 40.8 Å². The molecular weight excluding hydrogens is 1570 g/mol. The van der Waals surface area contributed by atoms with Gasteiger partial charge in [0.15, 0.2) is 46.6 Å². The summed E-state index contributed by atoms with van der Waals surface area (Å²) in [6.45, 7) is 3.98. The van der Waals surface area contributed by atoms with Gasteiger partial charge in [-0.05, 0) is 226 Å². The Morgan fingerprint density at radius 2 is 0.730 bits per heavy atom. The van der Waals surface area contributed by atoms with Gasteiger partial charge in [-0.25, -0.2) is 55.1 Å². The molecule has 8 aromatic carbocycles. The van der Waals surface area contributed by atoms with Crippen LogP contribution in [0, 0.1) is 52.5 Å². The monoisotopic (exact) mass is 1650 g/mol. The Kier molecular flexibility index (Phi) is 23.7. The van der Waals surface area contributed by atoms with E-state index in [4.69, 9.17) is 5.73 Å². The Hall–Kier alpha value is -14.4. The average molecular weight is 1650 g/mol. The van der Waals surface area contributed by atoms with E-state index in [2.05, 4.69) is 117 Å². The molecule has 9 aromatic heterocycles. The third-order valence-corrected chi connectivity index (χ3v) is 21.6. The second-order valence-electron chi connectivity index (χ2n) is 30.1. The van der Waals surface area contributed by atoms with Crippen molar-refractivity contribution in [2.75, 3.05) is 26.2 Å². The van der Waals surface area contributed by atoms with Gasteiger partial charge < -0.3 is 16.4 Å². The Morgan fingerprint density at radius 3 is 1.13 bits per heavy atom. The van der Waals surface area contributed by atoms with Crippen molar-refractivity contribution in [3.05, 3.63) is 291 Å². The molecule has 1 saturated carbocycles. The summed E-state index contributed by atoms with van der Waals surface area (Å²) in [6, 6.07) is 41.1. The van der Waals surface area contributed by atoms with E-state index in [0.29, 0.717) is 120 Å². The highest BCUT2D eigenvalue weighted by Crippen LogP contribution is 2.37. The van der Waals surface area contributed by atoms with Crippen molar-refractivity contribution < 1.29 is 35.1 Å². The van der Waals surface area contributed by atoms with Crippen LogP contribution in [0.25, 0.3) is 138 Å². The number of hydrogen-bond acceptors (Lipinski definition) is 16. The van der Waals surface area contributed by atoms with E-state index in [-0.39, 0.29) is 45.3 Å². The van der Waals surface area contributed by atoms with Gasteiger partial charge in [0.1, 0.15) is 68.6 Å². The number of pyridine rings is 1. The van der Waals surface area contributed by atoms with Crippen molar-refractivity contribution in [3.8, 4) is 45.6 Å². The predicted octanol–water partition coefficient (Wildman–Crippen LogP) is 17.9. The lowest BCUT2D eigenvalue weighted by molar-refractivity contribution is 0.367. The maximum Gasteiger partial charge on any atom is 0.181 e. The lowest BCUT2D eigenvalue weighted by atomic mass is 9.94. The van der Waals surface area contributed by atoms with Gasteiger partial charge in [-0.3, -0.25) is 45.8 Å². The van der Waals surface area contributed by atoms with Crippen LogP contribution in [0.5, 0.6) is 0 Å². The number of H-pyrrole nitrogens is 8. The molecule has 3 fully saturated rings. The van der Waals surface area contributed by atoms with Crippen LogP contribution in [0.4, 0.5) is 35.1 Å². The summed E-state index contributed by atoms with van der Waals surface area (Å²) in [6.07, 6.45) is 27.3. The summed E-state index contributed by atoms with van der Waals surface area (Å²) in [5.41, 5.74) is 16.1. The summed E-state index contributed by atoms with van der Waals surface area (Å²) < 4.78 is 111. The molecule has 0 spiro atoms. The highest BCUT2D eigenvalue weighted by atomic mass is 19.2. The number of nitrogens with one attached hydrogen (secondary N) is 10. The maximum atomic E-state index is 14.7. The van der Waals surface area contributed by atoms with E-state index in [0.717, 1.165) is 123 Å². The average Bonchev–Trinajstić information content (AvgIpc) is 1.64. The molecule has 32 heteroatoms. The first-order chi connectivity index (χ1) is 59.5. The van der Waals surface area contributed by atoms with Gasteiger partial charge in [-0.1, -0.05) is 91.7 Å². The number of benzene rings is 8. The van der Waals surface area contributed by atoms with E-state index in [1.807, 2.05) is 36.4 Å². The fraction of sp³-hybridized carbons (Fsp3) is 0.189. The molecule has 2 aliphatic heterocycles. The van der Waals surface area contributed by atoms with E-state index < -0.39 is 28.8 Å². The van der Waals surface area contributed by atoms with Crippen LogP contribution in [0.2, 0.25) is 0 Å². The Bertz CT molecular complexity index is 6620. The number of nitrogens with zero attached hydrogens (tertiary/aromatic N) is 13. The van der Waals surface area contributed by atoms with Crippen LogP contribution >= 0.6 is 0 Å². The minimum Gasteiger partial charge on any atom is -0.319 e. The van der Waals surface area contributed by atoms with Gasteiger partial charge in [0.05, 0.1) is 28.3 Å². The third-order valence-electron chi connectivity index (χ3n) is 21.6. The van der Waals surface area contributed by atoms with Gasteiger partial charge >= 0.3 is 0 Å². The molecule has 3 aliphatic rings. The van der Waals surface area contributed by atoms with Crippen molar-refractivity contribution in [1.82, 2.24) is 117 Å². The molecule has 2 saturated heterocycles. The maximum absolute atomic E-state index is 14.7. The number of hydrogen-bond donors (Lipinski definition) is 11. The molecule has 0 bridgehead atoms. The van der Waals surface area contributed by atoms with Crippen LogP contribution in [0.1, 0.15) is 131 Å². The molecule has 12 N–H and O–H groups in total. The highest BCUT2D eigenvalue weighted by Gasteiger charge is 2.35. The molecule has 1 aliphatic carbocycles. The number of fused-ring (bicyclic) bond motifs is 4. The second-order valence-corrected chi connectivity index (χ2v) is 30.1. The standard InChI is InChI=1S/C23H22F2N6.C23H16F2N6.2C22H20F2N6/c24-17-4-1-14(2-5-17)3-6-20-18-12-16(13-19(25)22(18)30-28-20)23-27-21(29-31-23)11-15-7-9-26-10-8-15;24-17-6-3-14(4-7-17)5-8-20-18-11-16(12-19(25)22(18)30-28-20)23-27-21(29-31-23)10-15-2-1-9-26-13-15;23-16-4-1-13(2-5-16)3-6-19-17-11-15(12-18(24)20(17)28-27-19)22-26-21(29-30-22)14-7-9-25-10-8-14;23-15-6-3-13(4-7-15)5-8-18-16-11-14(12-17(24)19(16)28-27-18)20-26-21(30-29-20)22(25)9-1-2-10-22/h1-6,12-13,15,26H,7-11H2,(H,28,30)(H,27,29,31);1-9,11-13H,10H2,(H,28,30)(H,27,29,31);1-6,11-12,14,25H,7-10H2,(H,27,28)(H,26,29,30);3-8,11-12H,1-2,9-10,25H2,(H,27,28)(H,26,29,30)/b6-3+;8-5+;6-3+;8-5+. The highest BCUT2D eigenvalue weighted by molar-refractivity contribution is 5.96. The van der Waals surface area contributed by atoms with Crippen LogP contribution in [-0.4, -0.2) is 133 Å². The molecule has 122 heavy (non-hydrogen) atoms. The Morgan fingerprint density at radius 1 is 0.369 bits per heavy atom. The second kappa shape index (κ2) is 36.1. The smallest absolute Gasteiger partial charge is 0.181 e. The summed E-state index contributed by atoms with van der Waals surface area (Å²) in [5, 5.41) is 66.0. The van der Waals surface area contributed by atoms with E-state index >= 15 is 0 Å². The molecular formula is C90H78F8N24. The van der Waals surface area contributed by atoms with E-state index in [9.17, 15) is 35.1 Å². The summed E-state index contributed by atoms with van der Waals surface area (Å²) >= 11 is 0.